The van der Waals surface area contributed by atoms with E-state index in [1.165, 1.54) is 0 Å². The Hall–Kier alpha value is -1.90. The minimum absolute atomic E-state index is 0.0359. The molecule has 2 N–H and O–H groups in total. The normalized spacial score (nSPS) is 19.6. The van der Waals surface area contributed by atoms with Crippen molar-refractivity contribution in [2.45, 2.75) is 6.04 Å². The molecule has 1 saturated heterocycles. The van der Waals surface area contributed by atoms with Gasteiger partial charge in [-0.1, -0.05) is 0 Å². The summed E-state index contributed by atoms with van der Waals surface area (Å²) < 4.78 is 58.2. The molecular formula is C10H9F4N3O2. The maximum atomic E-state index is 13.6. The van der Waals surface area contributed by atoms with Crippen LogP contribution in [0.25, 0.3) is 0 Å². The fourth-order valence-electron chi connectivity index (χ4n) is 1.84. The van der Waals surface area contributed by atoms with E-state index >= 15 is 0 Å². The summed E-state index contributed by atoms with van der Waals surface area (Å²) in [5, 5.41) is 0. The van der Waals surface area contributed by atoms with Gasteiger partial charge in [-0.3, -0.25) is 4.79 Å². The Balaban J connectivity index is 2.53. The van der Waals surface area contributed by atoms with Crippen LogP contribution < -0.4 is 10.6 Å². The third kappa shape index (κ3) is 2.33. The zero-order valence-corrected chi connectivity index (χ0v) is 9.50. The maximum absolute atomic E-state index is 13.6. The van der Waals surface area contributed by atoms with Crippen molar-refractivity contribution in [3.8, 4) is 0 Å². The number of aromatic nitrogens is 1. The van der Waals surface area contributed by atoms with Gasteiger partial charge in [0.2, 0.25) is 17.5 Å². The molecule has 0 aromatic carbocycles. The highest BCUT2D eigenvalue weighted by Crippen LogP contribution is 2.28. The summed E-state index contributed by atoms with van der Waals surface area (Å²) in [6, 6.07) is -1.21. The van der Waals surface area contributed by atoms with Crippen molar-refractivity contribution < 1.29 is 27.1 Å². The summed E-state index contributed by atoms with van der Waals surface area (Å²) in [4.78, 5) is 14.5. The first-order valence-electron chi connectivity index (χ1n) is 5.27. The number of anilines is 1. The minimum Gasteiger partial charge on any atom is -0.377 e. The highest BCUT2D eigenvalue weighted by atomic mass is 19.2. The molecule has 0 saturated carbocycles. The zero-order valence-electron chi connectivity index (χ0n) is 9.50. The van der Waals surface area contributed by atoms with Crippen LogP contribution in [-0.4, -0.2) is 36.7 Å². The van der Waals surface area contributed by atoms with E-state index in [0.29, 0.717) is 0 Å². The predicted molar refractivity (Wildman–Crippen MR) is 55.2 cm³/mol. The summed E-state index contributed by atoms with van der Waals surface area (Å²) in [5.74, 6) is -7.84. The van der Waals surface area contributed by atoms with Crippen LogP contribution >= 0.6 is 0 Å². The van der Waals surface area contributed by atoms with E-state index in [1.54, 1.807) is 0 Å². The number of morpholine rings is 1. The molecule has 5 nitrogen and oxygen atoms in total. The second-order valence-corrected chi connectivity index (χ2v) is 3.86. The number of nitrogens with two attached hydrogens (primary N) is 1. The smallest absolute Gasteiger partial charge is 0.253 e. The molecule has 1 amide bonds. The van der Waals surface area contributed by atoms with Gasteiger partial charge in [-0.25, -0.2) is 0 Å². The van der Waals surface area contributed by atoms with Gasteiger partial charge in [0, 0.05) is 6.54 Å². The van der Waals surface area contributed by atoms with E-state index < -0.39 is 41.2 Å². The lowest BCUT2D eigenvalue weighted by atomic mass is 10.2. The minimum atomic E-state index is -1.79. The molecule has 19 heavy (non-hydrogen) atoms. The molecule has 0 aliphatic carbocycles. The molecule has 1 unspecified atom stereocenters. The Morgan fingerprint density at radius 3 is 2.37 bits per heavy atom. The van der Waals surface area contributed by atoms with Gasteiger partial charge < -0.3 is 15.4 Å². The molecule has 1 aliphatic rings. The Labute approximate surface area is 105 Å². The van der Waals surface area contributed by atoms with Crippen LogP contribution in [0.5, 0.6) is 0 Å². The molecule has 1 fully saturated rings. The van der Waals surface area contributed by atoms with E-state index in [0.717, 1.165) is 4.90 Å². The number of ether oxygens (including phenoxy) is 1. The van der Waals surface area contributed by atoms with Crippen LogP contribution in [0.1, 0.15) is 0 Å². The van der Waals surface area contributed by atoms with Crippen LogP contribution in [0, 0.1) is 23.5 Å². The van der Waals surface area contributed by atoms with Crippen molar-refractivity contribution in [3.63, 3.8) is 0 Å². The van der Waals surface area contributed by atoms with Crippen LogP contribution in [0.4, 0.5) is 23.2 Å². The van der Waals surface area contributed by atoms with E-state index in [-0.39, 0.29) is 19.8 Å². The third-order valence-corrected chi connectivity index (χ3v) is 2.72. The second kappa shape index (κ2) is 5.00. The molecule has 0 radical (unpaired) electrons. The van der Waals surface area contributed by atoms with Crippen LogP contribution in [0.3, 0.4) is 0 Å². The quantitative estimate of drug-likeness (QED) is 0.625. The van der Waals surface area contributed by atoms with Gasteiger partial charge in [0.15, 0.2) is 0 Å². The number of pyridine rings is 1. The topological polar surface area (TPSA) is 68.5 Å². The summed E-state index contributed by atoms with van der Waals surface area (Å²) in [7, 11) is 0. The van der Waals surface area contributed by atoms with E-state index in [1.807, 2.05) is 0 Å². The summed E-state index contributed by atoms with van der Waals surface area (Å²) >= 11 is 0. The molecule has 1 aliphatic heterocycles. The number of hydrogen-bond donors (Lipinski definition) is 1. The van der Waals surface area contributed by atoms with Gasteiger partial charge in [0.25, 0.3) is 11.9 Å². The molecule has 0 bridgehead atoms. The summed E-state index contributed by atoms with van der Waals surface area (Å²) in [6.45, 7) is -0.321. The van der Waals surface area contributed by atoms with Crippen molar-refractivity contribution in [2.75, 3.05) is 24.7 Å². The van der Waals surface area contributed by atoms with Gasteiger partial charge in [0.1, 0.15) is 11.7 Å². The third-order valence-electron chi connectivity index (χ3n) is 2.72. The van der Waals surface area contributed by atoms with E-state index in [4.69, 9.17) is 10.5 Å². The van der Waals surface area contributed by atoms with E-state index in [2.05, 4.69) is 4.98 Å². The van der Waals surface area contributed by atoms with Crippen LogP contribution in [0.15, 0.2) is 0 Å². The highest BCUT2D eigenvalue weighted by Gasteiger charge is 2.34. The average Bonchev–Trinajstić information content (AvgIpc) is 2.37. The predicted octanol–water partition coefficient (Wildman–Crippen LogP) is 0.328. The number of amides is 1. The molecule has 0 spiro atoms. The number of carbonyl (C=O) groups is 1. The fraction of sp³-hybridized carbons (Fsp3) is 0.400. The molecule has 1 atom stereocenters. The van der Waals surface area contributed by atoms with Crippen molar-refractivity contribution in [1.82, 2.24) is 4.98 Å². The second-order valence-electron chi connectivity index (χ2n) is 3.86. The number of nitrogens with zero attached hydrogens (tertiary/aromatic N) is 2. The summed E-state index contributed by atoms with van der Waals surface area (Å²) in [5.41, 5.74) is 4.06. The first-order valence-corrected chi connectivity index (χ1v) is 5.27. The lowest BCUT2D eigenvalue weighted by Crippen LogP contribution is -2.53. The number of carbonyl (C=O) groups excluding carboxylic acids is 1. The van der Waals surface area contributed by atoms with Gasteiger partial charge >= 0.3 is 0 Å². The maximum Gasteiger partial charge on any atom is 0.253 e. The number of rotatable bonds is 2. The number of primary amides is 1. The van der Waals surface area contributed by atoms with Gasteiger partial charge in [-0.2, -0.15) is 22.5 Å². The van der Waals surface area contributed by atoms with Gasteiger partial charge in [0.05, 0.1) is 13.2 Å². The average molecular weight is 279 g/mol. The molecule has 9 heteroatoms. The Bertz CT molecular complexity index is 500. The standard InChI is InChI=1S/C10H9F4N3O2/c11-5-7(6(12)9(14)16-8(5)13)17-1-2-19-3-4(17)10(15)18/h4H,1-3H2,(H2,15,18). The van der Waals surface area contributed by atoms with Crippen LogP contribution in [0.2, 0.25) is 0 Å². The lowest BCUT2D eigenvalue weighted by Gasteiger charge is -2.35. The molecular weight excluding hydrogens is 270 g/mol. The molecule has 2 rings (SSSR count). The first kappa shape index (κ1) is 13.5. The molecule has 1 aromatic heterocycles. The monoisotopic (exact) mass is 279 g/mol. The van der Waals surface area contributed by atoms with Gasteiger partial charge in [-0.05, 0) is 0 Å². The Morgan fingerprint density at radius 1 is 1.26 bits per heavy atom. The Morgan fingerprint density at radius 2 is 1.84 bits per heavy atom. The lowest BCUT2D eigenvalue weighted by molar-refractivity contribution is -0.121. The molecule has 1 aromatic rings. The van der Waals surface area contributed by atoms with Crippen molar-refractivity contribution >= 4 is 11.6 Å². The Kier molecular flexibility index (Phi) is 3.56. The molecule has 2 heterocycles. The summed E-state index contributed by atoms with van der Waals surface area (Å²) in [6.07, 6.45) is 0. The molecule has 104 valence electrons. The first-order chi connectivity index (χ1) is 8.93. The van der Waals surface area contributed by atoms with Crippen molar-refractivity contribution in [1.29, 1.82) is 0 Å². The SMILES string of the molecule is NC(=O)C1COCCN1c1c(F)c(F)nc(F)c1F. The number of halogens is 4. The highest BCUT2D eigenvalue weighted by molar-refractivity contribution is 5.84. The number of hydrogen-bond acceptors (Lipinski definition) is 4. The fourth-order valence-corrected chi connectivity index (χ4v) is 1.84. The van der Waals surface area contributed by atoms with E-state index in [9.17, 15) is 22.4 Å². The zero-order chi connectivity index (χ0) is 14.2. The van der Waals surface area contributed by atoms with Crippen molar-refractivity contribution in [2.24, 2.45) is 5.73 Å². The van der Waals surface area contributed by atoms with Gasteiger partial charge in [-0.15, -0.1) is 0 Å². The largest absolute Gasteiger partial charge is 0.377 e. The van der Waals surface area contributed by atoms with Crippen molar-refractivity contribution in [3.05, 3.63) is 23.5 Å². The van der Waals surface area contributed by atoms with Crippen LogP contribution in [-0.2, 0) is 9.53 Å².